The van der Waals surface area contributed by atoms with E-state index in [4.69, 9.17) is 5.11 Å². The first-order valence-electron chi connectivity index (χ1n) is 5.97. The molecule has 0 aromatic carbocycles. The average molecular weight is 246 g/mol. The van der Waals surface area contributed by atoms with Gasteiger partial charge in [-0.25, -0.2) is 4.98 Å². The van der Waals surface area contributed by atoms with Gasteiger partial charge in [-0.2, -0.15) is 0 Å². The van der Waals surface area contributed by atoms with Gasteiger partial charge in [-0.3, -0.25) is 4.79 Å². The summed E-state index contributed by atoms with van der Waals surface area (Å²) in [5.41, 5.74) is 0.776. The molecule has 0 bridgehead atoms. The number of nitrogens with zero attached hydrogens (tertiary/aromatic N) is 1. The summed E-state index contributed by atoms with van der Waals surface area (Å²) in [6.45, 7) is 4.03. The number of aliphatic hydroxyl groups excluding tert-OH is 1. The molecule has 0 saturated heterocycles. The van der Waals surface area contributed by atoms with Crippen molar-refractivity contribution in [1.82, 2.24) is 4.98 Å². The standard InChI is InChI=1S/C14H18N2O2/c1-11(2)9-14(18)16-13-10-12(6-7-15-13)5-3-4-8-17/h6-7,10-11,17H,4,8-9H2,1-2H3,(H,15,16,18). The van der Waals surface area contributed by atoms with Gasteiger partial charge < -0.3 is 10.4 Å². The Morgan fingerprint density at radius 3 is 3.00 bits per heavy atom. The van der Waals surface area contributed by atoms with Gasteiger partial charge in [0.15, 0.2) is 0 Å². The number of hydrogen-bond donors (Lipinski definition) is 2. The van der Waals surface area contributed by atoms with Crippen molar-refractivity contribution in [1.29, 1.82) is 0 Å². The van der Waals surface area contributed by atoms with E-state index in [0.29, 0.717) is 24.6 Å². The molecule has 0 atom stereocenters. The Labute approximate surface area is 107 Å². The molecule has 0 radical (unpaired) electrons. The van der Waals surface area contributed by atoms with Gasteiger partial charge in [0.1, 0.15) is 5.82 Å². The third kappa shape index (κ3) is 5.46. The van der Waals surface area contributed by atoms with E-state index in [1.165, 1.54) is 0 Å². The van der Waals surface area contributed by atoms with Crippen molar-refractivity contribution in [3.8, 4) is 11.8 Å². The Morgan fingerprint density at radius 1 is 1.56 bits per heavy atom. The van der Waals surface area contributed by atoms with Crippen LogP contribution in [0.15, 0.2) is 18.3 Å². The second kappa shape index (κ2) is 7.46. The lowest BCUT2D eigenvalue weighted by Crippen LogP contribution is -2.14. The number of aromatic nitrogens is 1. The number of aliphatic hydroxyl groups is 1. The Kier molecular flexibility index (Phi) is 5.89. The molecule has 1 amide bonds. The van der Waals surface area contributed by atoms with E-state index < -0.39 is 0 Å². The zero-order valence-electron chi connectivity index (χ0n) is 10.7. The maximum absolute atomic E-state index is 11.6. The number of carbonyl (C=O) groups is 1. The summed E-state index contributed by atoms with van der Waals surface area (Å²) < 4.78 is 0. The zero-order chi connectivity index (χ0) is 13.4. The van der Waals surface area contributed by atoms with Crippen molar-refractivity contribution in [2.75, 3.05) is 11.9 Å². The van der Waals surface area contributed by atoms with Gasteiger partial charge in [-0.15, -0.1) is 0 Å². The molecule has 1 aromatic heterocycles. The third-order valence-corrected chi connectivity index (χ3v) is 2.09. The Bertz CT molecular complexity index is 458. The molecule has 0 aliphatic heterocycles. The molecule has 0 aliphatic rings. The van der Waals surface area contributed by atoms with Crippen molar-refractivity contribution in [2.24, 2.45) is 5.92 Å². The molecule has 4 nitrogen and oxygen atoms in total. The maximum atomic E-state index is 11.6. The predicted molar refractivity (Wildman–Crippen MR) is 70.9 cm³/mol. The Hall–Kier alpha value is -1.86. The molecule has 0 unspecified atom stereocenters. The third-order valence-electron chi connectivity index (χ3n) is 2.09. The van der Waals surface area contributed by atoms with Crippen LogP contribution in [-0.2, 0) is 4.79 Å². The van der Waals surface area contributed by atoms with Crippen molar-refractivity contribution in [3.63, 3.8) is 0 Å². The lowest BCUT2D eigenvalue weighted by Gasteiger charge is -2.06. The number of hydrogen-bond acceptors (Lipinski definition) is 3. The average Bonchev–Trinajstić information content (AvgIpc) is 2.28. The molecule has 0 fully saturated rings. The van der Waals surface area contributed by atoms with Crippen LogP contribution in [0.1, 0.15) is 32.3 Å². The van der Waals surface area contributed by atoms with Crippen LogP contribution in [0.4, 0.5) is 5.82 Å². The highest BCUT2D eigenvalue weighted by atomic mass is 16.2. The number of anilines is 1. The molecular weight excluding hydrogens is 228 g/mol. The van der Waals surface area contributed by atoms with Crippen molar-refractivity contribution >= 4 is 11.7 Å². The van der Waals surface area contributed by atoms with E-state index in [2.05, 4.69) is 22.1 Å². The first-order chi connectivity index (χ1) is 8.61. The van der Waals surface area contributed by atoms with Crippen LogP contribution in [0.5, 0.6) is 0 Å². The first kappa shape index (κ1) is 14.2. The summed E-state index contributed by atoms with van der Waals surface area (Å²) in [7, 11) is 0. The number of pyridine rings is 1. The molecular formula is C14H18N2O2. The summed E-state index contributed by atoms with van der Waals surface area (Å²) >= 11 is 0. The summed E-state index contributed by atoms with van der Waals surface area (Å²) in [5.74, 6) is 6.51. The minimum absolute atomic E-state index is 0.0435. The van der Waals surface area contributed by atoms with E-state index in [0.717, 1.165) is 5.56 Å². The molecule has 96 valence electrons. The zero-order valence-corrected chi connectivity index (χ0v) is 10.7. The van der Waals surface area contributed by atoms with Crippen molar-refractivity contribution in [2.45, 2.75) is 26.7 Å². The summed E-state index contributed by atoms with van der Waals surface area (Å²) in [6, 6.07) is 3.49. The summed E-state index contributed by atoms with van der Waals surface area (Å²) in [6.07, 6.45) is 2.52. The Balaban J connectivity index is 2.65. The van der Waals surface area contributed by atoms with Crippen molar-refractivity contribution < 1.29 is 9.90 Å². The number of carbonyl (C=O) groups excluding carboxylic acids is 1. The first-order valence-corrected chi connectivity index (χ1v) is 5.97. The van der Waals surface area contributed by atoms with Crippen molar-refractivity contribution in [3.05, 3.63) is 23.9 Å². The minimum atomic E-state index is -0.0435. The highest BCUT2D eigenvalue weighted by Gasteiger charge is 2.05. The van der Waals surface area contributed by atoms with E-state index in [1.807, 2.05) is 13.8 Å². The second-order valence-corrected chi connectivity index (χ2v) is 4.35. The molecule has 0 spiro atoms. The fraction of sp³-hybridized carbons (Fsp3) is 0.429. The van der Waals surface area contributed by atoms with Crippen LogP contribution in [-0.4, -0.2) is 22.6 Å². The quantitative estimate of drug-likeness (QED) is 0.796. The van der Waals surface area contributed by atoms with E-state index in [1.54, 1.807) is 18.3 Å². The Morgan fingerprint density at radius 2 is 2.33 bits per heavy atom. The lowest BCUT2D eigenvalue weighted by molar-refractivity contribution is -0.116. The largest absolute Gasteiger partial charge is 0.395 e. The van der Waals surface area contributed by atoms with E-state index in [9.17, 15) is 4.79 Å². The van der Waals surface area contributed by atoms with Gasteiger partial charge in [0, 0.05) is 24.6 Å². The minimum Gasteiger partial charge on any atom is -0.395 e. The monoisotopic (exact) mass is 246 g/mol. The maximum Gasteiger partial charge on any atom is 0.225 e. The number of rotatable bonds is 4. The normalized spacial score (nSPS) is 9.78. The van der Waals surface area contributed by atoms with Crippen LogP contribution in [0.2, 0.25) is 0 Å². The van der Waals surface area contributed by atoms with E-state index >= 15 is 0 Å². The molecule has 1 heterocycles. The number of amides is 1. The summed E-state index contributed by atoms with van der Waals surface area (Å²) in [5, 5.41) is 11.4. The van der Waals surface area contributed by atoms with Gasteiger partial charge in [-0.1, -0.05) is 25.7 Å². The van der Waals surface area contributed by atoms with Gasteiger partial charge in [-0.05, 0) is 18.1 Å². The second-order valence-electron chi connectivity index (χ2n) is 4.35. The highest BCUT2D eigenvalue weighted by molar-refractivity contribution is 5.89. The fourth-order valence-corrected chi connectivity index (χ4v) is 1.36. The topological polar surface area (TPSA) is 62.2 Å². The van der Waals surface area contributed by atoms with Crippen LogP contribution < -0.4 is 5.32 Å². The lowest BCUT2D eigenvalue weighted by atomic mass is 10.1. The molecule has 2 N–H and O–H groups in total. The van der Waals surface area contributed by atoms with Gasteiger partial charge in [0.2, 0.25) is 5.91 Å². The molecule has 0 saturated carbocycles. The van der Waals surface area contributed by atoms with E-state index in [-0.39, 0.29) is 12.5 Å². The fourth-order valence-electron chi connectivity index (χ4n) is 1.36. The van der Waals surface area contributed by atoms with Gasteiger partial charge >= 0.3 is 0 Å². The smallest absolute Gasteiger partial charge is 0.225 e. The SMILES string of the molecule is CC(C)CC(=O)Nc1cc(C#CCCO)ccn1. The summed E-state index contributed by atoms with van der Waals surface area (Å²) in [4.78, 5) is 15.6. The van der Waals surface area contributed by atoms with Gasteiger partial charge in [0.05, 0.1) is 6.61 Å². The molecule has 1 rings (SSSR count). The molecule has 18 heavy (non-hydrogen) atoms. The van der Waals surface area contributed by atoms with Crippen LogP contribution in [0, 0.1) is 17.8 Å². The highest BCUT2D eigenvalue weighted by Crippen LogP contribution is 2.08. The van der Waals surface area contributed by atoms with Gasteiger partial charge in [0.25, 0.3) is 0 Å². The van der Waals surface area contributed by atoms with Crippen LogP contribution in [0.25, 0.3) is 0 Å². The van der Waals surface area contributed by atoms with Crippen LogP contribution >= 0.6 is 0 Å². The number of nitrogens with one attached hydrogen (secondary N) is 1. The molecule has 1 aromatic rings. The predicted octanol–water partition coefficient (Wildman–Crippen LogP) is 1.80. The molecule has 0 aliphatic carbocycles. The molecule has 4 heteroatoms. The van der Waals surface area contributed by atoms with Crippen LogP contribution in [0.3, 0.4) is 0 Å².